The third-order valence-electron chi connectivity index (χ3n) is 4.57. The molecular weight excluding hydrogens is 576 g/mol. The molecule has 2 N–H and O–H groups in total. The van der Waals surface area contributed by atoms with Gasteiger partial charge in [0.25, 0.3) is 0 Å². The Morgan fingerprint density at radius 1 is 1.06 bits per heavy atom. The Balaban J connectivity index is 1.60. The molecule has 11 heteroatoms. The molecule has 2 amide bonds. The zero-order chi connectivity index (χ0) is 26.1. The first-order valence-electron chi connectivity index (χ1n) is 10.7. The topological polar surface area (TPSA) is 89.0 Å². The van der Waals surface area contributed by atoms with E-state index < -0.39 is 24.1 Å². The molecule has 0 atom stereocenters. The highest BCUT2D eigenvalue weighted by Gasteiger charge is 2.14. The van der Waals surface area contributed by atoms with Gasteiger partial charge in [-0.1, -0.05) is 29.3 Å². The molecule has 0 bridgehead atoms. The lowest BCUT2D eigenvalue weighted by Gasteiger charge is -2.15. The number of carbonyl (C=O) groups is 2. The van der Waals surface area contributed by atoms with Crippen LogP contribution < -0.4 is 20.2 Å². The van der Waals surface area contributed by atoms with Gasteiger partial charge in [0.05, 0.1) is 17.3 Å². The molecule has 0 unspecified atom stereocenters. The molecule has 0 radical (unpaired) electrons. The third-order valence-corrected chi connectivity index (χ3v) is 5.75. The molecule has 3 aromatic rings. The zero-order valence-corrected chi connectivity index (χ0v) is 22.1. The van der Waals surface area contributed by atoms with Crippen molar-refractivity contribution in [3.8, 4) is 11.5 Å². The standard InChI is InChI=1S/C25H21BrCl2FN3O4/c1-2-35-22-10-15(9-20(26)25(22)36-14-16-3-4-17(27)11-21(16)28)13-30-32-24(34)12-23(33)31-19-7-5-18(29)6-8-19/h3-11,13H,2,12,14H2,1H3,(H,31,33)(H,32,34). The third kappa shape index (κ3) is 8.22. The van der Waals surface area contributed by atoms with E-state index in [9.17, 15) is 14.0 Å². The van der Waals surface area contributed by atoms with E-state index in [1.165, 1.54) is 30.5 Å². The van der Waals surface area contributed by atoms with Crippen LogP contribution in [0, 0.1) is 5.82 Å². The maximum absolute atomic E-state index is 12.9. The van der Waals surface area contributed by atoms with Crippen molar-refractivity contribution in [1.82, 2.24) is 5.43 Å². The number of halogens is 4. The number of hydrogen-bond donors (Lipinski definition) is 2. The summed E-state index contributed by atoms with van der Waals surface area (Å²) < 4.78 is 25.2. The van der Waals surface area contributed by atoms with Crippen LogP contribution in [0.3, 0.4) is 0 Å². The van der Waals surface area contributed by atoms with E-state index in [1.807, 2.05) is 6.92 Å². The van der Waals surface area contributed by atoms with E-state index in [1.54, 1.807) is 30.3 Å². The molecule has 36 heavy (non-hydrogen) atoms. The Labute approximate surface area is 225 Å². The molecule has 3 rings (SSSR count). The van der Waals surface area contributed by atoms with E-state index in [2.05, 4.69) is 31.8 Å². The Bertz CT molecular complexity index is 1270. The van der Waals surface area contributed by atoms with Crippen LogP contribution in [0.25, 0.3) is 0 Å². The lowest BCUT2D eigenvalue weighted by molar-refractivity contribution is -0.126. The molecular formula is C25H21BrCl2FN3O4. The summed E-state index contributed by atoms with van der Waals surface area (Å²) >= 11 is 15.6. The SMILES string of the molecule is CCOc1cc(C=NNC(=O)CC(=O)Nc2ccc(F)cc2)cc(Br)c1OCc1ccc(Cl)cc1Cl. The average Bonchev–Trinajstić information content (AvgIpc) is 2.81. The molecule has 0 fully saturated rings. The van der Waals surface area contributed by atoms with Gasteiger partial charge >= 0.3 is 0 Å². The highest BCUT2D eigenvalue weighted by Crippen LogP contribution is 2.37. The van der Waals surface area contributed by atoms with E-state index in [4.69, 9.17) is 32.7 Å². The van der Waals surface area contributed by atoms with Gasteiger partial charge in [-0.3, -0.25) is 9.59 Å². The molecule has 0 aromatic heterocycles. The summed E-state index contributed by atoms with van der Waals surface area (Å²) in [6, 6.07) is 13.8. The first-order chi connectivity index (χ1) is 17.2. The van der Waals surface area contributed by atoms with Gasteiger partial charge in [-0.2, -0.15) is 5.10 Å². The summed E-state index contributed by atoms with van der Waals surface area (Å²) in [6.45, 7) is 2.43. The first kappa shape index (κ1) is 27.4. The molecule has 0 aliphatic carbocycles. The van der Waals surface area contributed by atoms with Gasteiger partial charge in [0.1, 0.15) is 18.8 Å². The van der Waals surface area contributed by atoms with Crippen molar-refractivity contribution in [1.29, 1.82) is 0 Å². The first-order valence-corrected chi connectivity index (χ1v) is 12.2. The number of nitrogens with one attached hydrogen (secondary N) is 2. The van der Waals surface area contributed by atoms with Gasteiger partial charge in [-0.25, -0.2) is 9.82 Å². The number of hydrogen-bond acceptors (Lipinski definition) is 5. The molecule has 0 aliphatic rings. The highest BCUT2D eigenvalue weighted by atomic mass is 79.9. The van der Waals surface area contributed by atoms with Crippen LogP contribution >= 0.6 is 39.1 Å². The number of hydrazone groups is 1. The molecule has 0 saturated carbocycles. The van der Waals surface area contributed by atoms with Crippen molar-refractivity contribution in [3.63, 3.8) is 0 Å². The second kappa shape index (κ2) is 13.2. The second-order valence-corrected chi connectivity index (χ2v) is 9.01. The quantitative estimate of drug-likeness (QED) is 0.162. The minimum atomic E-state index is -0.616. The number of nitrogens with zero attached hydrogens (tertiary/aromatic N) is 1. The number of benzene rings is 3. The molecule has 0 spiro atoms. The van der Waals surface area contributed by atoms with Crippen LogP contribution in [-0.2, 0) is 16.2 Å². The van der Waals surface area contributed by atoms with Crippen LogP contribution in [-0.4, -0.2) is 24.6 Å². The molecule has 3 aromatic carbocycles. The Morgan fingerprint density at radius 3 is 2.50 bits per heavy atom. The normalized spacial score (nSPS) is 10.8. The van der Waals surface area contributed by atoms with Crippen LogP contribution in [0.4, 0.5) is 10.1 Å². The van der Waals surface area contributed by atoms with Crippen molar-refractivity contribution < 1.29 is 23.5 Å². The Kier molecular flexibility index (Phi) is 10.1. The van der Waals surface area contributed by atoms with E-state index >= 15 is 0 Å². The number of carbonyl (C=O) groups excluding carboxylic acids is 2. The van der Waals surface area contributed by atoms with Crippen molar-refractivity contribution in [2.75, 3.05) is 11.9 Å². The number of ether oxygens (including phenoxy) is 2. The molecule has 7 nitrogen and oxygen atoms in total. The van der Waals surface area contributed by atoms with Crippen molar-refractivity contribution >= 4 is 62.8 Å². The lowest BCUT2D eigenvalue weighted by atomic mass is 10.2. The van der Waals surface area contributed by atoms with Crippen LogP contribution in [0.5, 0.6) is 11.5 Å². The zero-order valence-electron chi connectivity index (χ0n) is 19.0. The average molecular weight is 597 g/mol. The highest BCUT2D eigenvalue weighted by molar-refractivity contribution is 9.10. The van der Waals surface area contributed by atoms with Gasteiger partial charge in [0, 0.05) is 21.3 Å². The van der Waals surface area contributed by atoms with Gasteiger partial charge < -0.3 is 14.8 Å². The largest absolute Gasteiger partial charge is 0.490 e. The fourth-order valence-corrected chi connectivity index (χ4v) is 3.99. The van der Waals surface area contributed by atoms with E-state index in [-0.39, 0.29) is 6.61 Å². The number of amides is 2. The summed E-state index contributed by atoms with van der Waals surface area (Å²) in [7, 11) is 0. The summed E-state index contributed by atoms with van der Waals surface area (Å²) in [6.07, 6.45) is 0.950. The molecule has 188 valence electrons. The Hall–Kier alpha value is -3.14. The second-order valence-electron chi connectivity index (χ2n) is 7.31. The van der Waals surface area contributed by atoms with E-state index in [0.29, 0.717) is 43.9 Å². The number of rotatable bonds is 10. The van der Waals surface area contributed by atoms with Crippen LogP contribution in [0.15, 0.2) is 64.2 Å². The predicted octanol–water partition coefficient (Wildman–Crippen LogP) is 6.35. The molecule has 0 aliphatic heterocycles. The molecule has 0 heterocycles. The fraction of sp³-hybridized carbons (Fsp3) is 0.160. The fourth-order valence-electron chi connectivity index (χ4n) is 2.96. The van der Waals surface area contributed by atoms with Crippen molar-refractivity contribution in [2.24, 2.45) is 5.10 Å². The van der Waals surface area contributed by atoms with Gasteiger partial charge in [-0.05, 0) is 76.9 Å². The van der Waals surface area contributed by atoms with Crippen molar-refractivity contribution in [3.05, 3.63) is 86.1 Å². The molecule has 0 saturated heterocycles. The smallest absolute Gasteiger partial charge is 0.249 e. The minimum absolute atomic E-state index is 0.193. The van der Waals surface area contributed by atoms with Gasteiger partial charge in [0.15, 0.2) is 11.5 Å². The summed E-state index contributed by atoms with van der Waals surface area (Å²) in [5.74, 6) is -0.664. The van der Waals surface area contributed by atoms with Crippen molar-refractivity contribution in [2.45, 2.75) is 20.0 Å². The summed E-state index contributed by atoms with van der Waals surface area (Å²) in [5, 5.41) is 7.42. The van der Waals surface area contributed by atoms with E-state index in [0.717, 1.165) is 5.56 Å². The summed E-state index contributed by atoms with van der Waals surface area (Å²) in [5.41, 5.74) is 4.04. The minimum Gasteiger partial charge on any atom is -0.490 e. The maximum Gasteiger partial charge on any atom is 0.249 e. The number of anilines is 1. The van der Waals surface area contributed by atoms with Gasteiger partial charge in [-0.15, -0.1) is 0 Å². The maximum atomic E-state index is 12.9. The monoisotopic (exact) mass is 595 g/mol. The summed E-state index contributed by atoms with van der Waals surface area (Å²) in [4.78, 5) is 24.0. The van der Waals surface area contributed by atoms with Gasteiger partial charge in [0.2, 0.25) is 11.8 Å². The van der Waals surface area contributed by atoms with Crippen LogP contribution in [0.1, 0.15) is 24.5 Å². The van der Waals surface area contributed by atoms with Crippen LogP contribution in [0.2, 0.25) is 10.0 Å². The predicted molar refractivity (Wildman–Crippen MR) is 141 cm³/mol. The Morgan fingerprint density at radius 2 is 1.81 bits per heavy atom. The lowest BCUT2D eigenvalue weighted by Crippen LogP contribution is -2.24.